The van der Waals surface area contributed by atoms with Crippen molar-refractivity contribution in [1.82, 2.24) is 57.5 Å². The Morgan fingerprint density at radius 3 is 2.04 bits per heavy atom. The first-order valence-electron chi connectivity index (χ1n) is 25.0. The molecule has 5 aromatic rings. The molecule has 0 bridgehead atoms. The number of hydrogen-bond donors (Lipinski definition) is 14. The van der Waals surface area contributed by atoms with Crippen molar-refractivity contribution < 1.29 is 38.4 Å². The molecule has 0 spiro atoms. The molecule has 25 heteroatoms. The zero-order chi connectivity index (χ0) is 54.6. The van der Waals surface area contributed by atoms with Crippen LogP contribution >= 0.6 is 0 Å². The predicted molar refractivity (Wildman–Crippen MR) is 284 cm³/mol. The molecule has 6 rings (SSSR count). The first kappa shape index (κ1) is 56.3. The minimum Gasteiger partial charge on any atom is -0.370 e. The molecule has 3 aromatic carbocycles. The monoisotopic (exact) mass is 1050 g/mol. The Kier molecular flexibility index (Phi) is 20.6. The van der Waals surface area contributed by atoms with Gasteiger partial charge in [0.25, 0.3) is 0 Å². The molecule has 18 N–H and O–H groups in total. The molecule has 2 aromatic heterocycles. The third kappa shape index (κ3) is 17.3. The van der Waals surface area contributed by atoms with Crippen LogP contribution in [0.4, 0.5) is 0 Å². The Bertz CT molecular complexity index is 2900. The van der Waals surface area contributed by atoms with Gasteiger partial charge in [0.15, 0.2) is 11.9 Å². The first-order chi connectivity index (χ1) is 36.5. The molecule has 25 nitrogen and oxygen atoms in total. The number of guanidine groups is 2. The highest BCUT2D eigenvalue weighted by molar-refractivity contribution is 5.98. The summed E-state index contributed by atoms with van der Waals surface area (Å²) in [6.45, 7) is 1.29. The third-order valence-electron chi connectivity index (χ3n) is 12.5. The quantitative estimate of drug-likeness (QED) is 0.0276. The maximum Gasteiger partial charge on any atom is 0.243 e. The average Bonchev–Trinajstić information content (AvgIpc) is 4.07. The summed E-state index contributed by atoms with van der Waals surface area (Å²) < 4.78 is 0. The molecule has 8 amide bonds. The fourth-order valence-corrected chi connectivity index (χ4v) is 8.66. The van der Waals surface area contributed by atoms with Crippen LogP contribution in [0.15, 0.2) is 95.4 Å². The van der Waals surface area contributed by atoms with Gasteiger partial charge in [0, 0.05) is 87.8 Å². The van der Waals surface area contributed by atoms with Gasteiger partial charge >= 0.3 is 0 Å². The predicted octanol–water partition coefficient (Wildman–Crippen LogP) is -1.87. The van der Waals surface area contributed by atoms with Crippen molar-refractivity contribution in [3.05, 3.63) is 102 Å². The second-order valence-corrected chi connectivity index (χ2v) is 18.4. The number of aromatic amines is 2. The van der Waals surface area contributed by atoms with E-state index in [0.29, 0.717) is 16.8 Å². The molecular formula is C51H67N17O8. The number of hydrogen-bond acceptors (Lipinski definition) is 11. The van der Waals surface area contributed by atoms with Gasteiger partial charge in [-0.2, -0.15) is 0 Å². The Balaban J connectivity index is 1.37. The molecule has 3 heterocycles. The molecule has 76 heavy (non-hydrogen) atoms. The second-order valence-electron chi connectivity index (χ2n) is 18.4. The largest absolute Gasteiger partial charge is 0.370 e. The lowest BCUT2D eigenvalue weighted by Crippen LogP contribution is -2.60. The van der Waals surface area contributed by atoms with E-state index in [0.717, 1.165) is 21.7 Å². The van der Waals surface area contributed by atoms with Crippen molar-refractivity contribution >= 4 is 80.9 Å². The Morgan fingerprint density at radius 1 is 0.697 bits per heavy atom. The van der Waals surface area contributed by atoms with Crippen molar-refractivity contribution in [2.75, 3.05) is 26.2 Å². The number of benzene rings is 3. The lowest BCUT2D eigenvalue weighted by atomic mass is 9.99. The molecule has 0 aliphatic carbocycles. The zero-order valence-corrected chi connectivity index (χ0v) is 42.2. The maximum atomic E-state index is 14.9. The number of para-hydroxylation sites is 1. The molecule has 0 radical (unpaired) electrons. The second kappa shape index (κ2) is 27.9. The first-order valence-corrected chi connectivity index (χ1v) is 25.0. The third-order valence-corrected chi connectivity index (χ3v) is 12.5. The molecule has 6 atom stereocenters. The number of aromatic nitrogens is 3. The van der Waals surface area contributed by atoms with Crippen molar-refractivity contribution in [3.63, 3.8) is 0 Å². The van der Waals surface area contributed by atoms with Gasteiger partial charge in [-0.15, -0.1) is 0 Å². The van der Waals surface area contributed by atoms with Crippen molar-refractivity contribution in [2.24, 2.45) is 32.9 Å². The number of nitrogens with two attached hydrogens (primary N) is 4. The number of rotatable bonds is 17. The average molecular weight is 1050 g/mol. The number of carbonyl (C=O) groups is 8. The van der Waals surface area contributed by atoms with E-state index in [-0.39, 0.29) is 95.9 Å². The van der Waals surface area contributed by atoms with Crippen molar-refractivity contribution in [2.45, 2.75) is 101 Å². The normalized spacial score (nSPS) is 19.8. The molecule has 0 unspecified atom stereocenters. The summed E-state index contributed by atoms with van der Waals surface area (Å²) in [4.78, 5) is 131. The van der Waals surface area contributed by atoms with Gasteiger partial charge < -0.3 is 75.4 Å². The van der Waals surface area contributed by atoms with E-state index in [2.05, 4.69) is 67.5 Å². The van der Waals surface area contributed by atoms with Crippen LogP contribution in [0.2, 0.25) is 0 Å². The fourth-order valence-electron chi connectivity index (χ4n) is 8.66. The van der Waals surface area contributed by atoms with Gasteiger partial charge in [-0.05, 0) is 60.1 Å². The van der Waals surface area contributed by atoms with Crippen LogP contribution in [0.1, 0.15) is 62.3 Å². The number of carbonyl (C=O) groups excluding carboxylic acids is 8. The van der Waals surface area contributed by atoms with Gasteiger partial charge in [0.05, 0.1) is 6.33 Å². The lowest BCUT2D eigenvalue weighted by molar-refractivity contribution is -0.135. The van der Waals surface area contributed by atoms with Crippen LogP contribution in [-0.2, 0) is 57.6 Å². The summed E-state index contributed by atoms with van der Waals surface area (Å²) in [7, 11) is 0. The summed E-state index contributed by atoms with van der Waals surface area (Å²) in [5.41, 5.74) is 24.7. The molecule has 1 aliphatic heterocycles. The van der Waals surface area contributed by atoms with Gasteiger partial charge in [0.1, 0.15) is 36.3 Å². The summed E-state index contributed by atoms with van der Waals surface area (Å²) in [5.74, 6) is -6.02. The number of nitrogens with one attached hydrogen (secondary N) is 10. The Morgan fingerprint density at radius 2 is 1.33 bits per heavy atom. The molecule has 1 aliphatic rings. The maximum absolute atomic E-state index is 14.9. The minimum atomic E-state index is -1.46. The van der Waals surface area contributed by atoms with Crippen LogP contribution in [-0.4, -0.2) is 137 Å². The number of fused-ring (bicyclic) bond motifs is 2. The fraction of sp³-hybridized carbons (Fsp3) is 0.392. The van der Waals surface area contributed by atoms with E-state index in [4.69, 9.17) is 22.9 Å². The Labute approximate surface area is 437 Å². The van der Waals surface area contributed by atoms with E-state index in [1.54, 1.807) is 12.3 Å². The smallest absolute Gasteiger partial charge is 0.243 e. The lowest BCUT2D eigenvalue weighted by Gasteiger charge is -2.28. The molecule has 1 fully saturated rings. The molecule has 0 saturated carbocycles. The van der Waals surface area contributed by atoms with E-state index in [1.807, 2.05) is 60.7 Å². The summed E-state index contributed by atoms with van der Waals surface area (Å²) in [5, 5.41) is 24.5. The molecule has 404 valence electrons. The van der Waals surface area contributed by atoms with E-state index >= 15 is 0 Å². The highest BCUT2D eigenvalue weighted by Gasteiger charge is 2.34. The van der Waals surface area contributed by atoms with Gasteiger partial charge in [-0.3, -0.25) is 48.3 Å². The summed E-state index contributed by atoms with van der Waals surface area (Å²) in [6.07, 6.45) is 4.22. The zero-order valence-electron chi connectivity index (χ0n) is 42.2. The topological polar surface area (TPSA) is 406 Å². The number of H-pyrrole nitrogens is 2. The standard InChI is InChI=1S/C51H67N17O8/c1-29(69)63-37(12-6-18-59-50(52)53)45(72)65-39-16-17-43(70)57-20-21-58-44(71)41(24-33-26-61-36-11-5-4-10-35(33)36)67-46(73)38(13-7-19-60-51(54)55)64-48(75)40(23-30-14-15-31-8-2-3-9-32(31)22-30)66-49(76)42(68-47(39)74)25-34-27-56-28-62-34/h2-5,8-11,14-15,22,26-28,37-42,61H,6-7,12-13,16-21,23-25H2,1H3,(H,56,62)(H,57,70)(H,58,71)(H,63,69)(H,64,75)(H,65,72)(H,66,76)(H,67,73)(H,68,74)(H4,52,53,59)(H4,54,55,60)/t37-,38+,39+,40-,41+,42+/m1/s1. The number of imidazole rings is 1. The summed E-state index contributed by atoms with van der Waals surface area (Å²) >= 11 is 0. The van der Waals surface area contributed by atoms with Crippen LogP contribution in [0.3, 0.4) is 0 Å². The van der Waals surface area contributed by atoms with E-state index in [1.165, 1.54) is 19.4 Å². The molecule has 1 saturated heterocycles. The number of aliphatic imine (C=N–C) groups is 2. The van der Waals surface area contributed by atoms with Crippen LogP contribution in [0.25, 0.3) is 21.7 Å². The van der Waals surface area contributed by atoms with E-state index < -0.39 is 83.5 Å². The van der Waals surface area contributed by atoms with Crippen LogP contribution < -0.4 is 65.5 Å². The van der Waals surface area contributed by atoms with Gasteiger partial charge in [-0.25, -0.2) is 4.98 Å². The van der Waals surface area contributed by atoms with Crippen LogP contribution in [0, 0.1) is 0 Å². The Hall–Kier alpha value is -9.03. The molecular weight excluding hydrogens is 979 g/mol. The van der Waals surface area contributed by atoms with Crippen molar-refractivity contribution in [1.29, 1.82) is 0 Å². The van der Waals surface area contributed by atoms with Crippen molar-refractivity contribution in [3.8, 4) is 0 Å². The highest BCUT2D eigenvalue weighted by Crippen LogP contribution is 2.20. The van der Waals surface area contributed by atoms with Crippen LogP contribution in [0.5, 0.6) is 0 Å². The summed E-state index contributed by atoms with van der Waals surface area (Å²) in [6, 6.07) is 12.6. The SMILES string of the molecule is CC(=O)N[C@H](CCCN=C(N)N)C(=O)N[C@H]1CCC(=O)NCCNC(=O)[C@H](Cc2c[nH]c3ccccc23)NC(=O)[C@H](CCCN=C(N)N)NC(=O)[C@@H](Cc2ccc3ccccc3c2)NC(=O)[C@H](Cc2cnc[nH]2)NC1=O. The van der Waals surface area contributed by atoms with Gasteiger partial charge in [0.2, 0.25) is 47.3 Å². The highest BCUT2D eigenvalue weighted by atomic mass is 16.2. The number of nitrogens with zero attached hydrogens (tertiary/aromatic N) is 3. The minimum absolute atomic E-state index is 0.0108. The van der Waals surface area contributed by atoms with Gasteiger partial charge in [-0.1, -0.05) is 60.7 Å². The number of amides is 8. The van der Waals surface area contributed by atoms with E-state index in [9.17, 15) is 38.4 Å².